The van der Waals surface area contributed by atoms with Crippen LogP contribution in [0.3, 0.4) is 0 Å². The van der Waals surface area contributed by atoms with Crippen molar-refractivity contribution in [2.24, 2.45) is 5.92 Å². The van der Waals surface area contributed by atoms with Gasteiger partial charge >= 0.3 is 0 Å². The molecule has 2 amide bonds. The third-order valence-corrected chi connectivity index (χ3v) is 6.22. The third kappa shape index (κ3) is 5.88. The molecule has 3 aromatic rings. The molecule has 0 radical (unpaired) electrons. The molecule has 0 unspecified atom stereocenters. The zero-order chi connectivity index (χ0) is 23.0. The van der Waals surface area contributed by atoms with Crippen LogP contribution in [0.4, 0.5) is 0 Å². The Morgan fingerprint density at radius 2 is 1.85 bits per heavy atom. The average molecular weight is 447 g/mol. The summed E-state index contributed by atoms with van der Waals surface area (Å²) in [5, 5.41) is 13.1. The molecule has 172 valence electrons. The van der Waals surface area contributed by atoms with Crippen molar-refractivity contribution in [2.75, 3.05) is 19.6 Å². The average Bonchev–Trinajstić information content (AvgIpc) is 3.29. The number of nitrogens with zero attached hydrogens (tertiary/aromatic N) is 1. The highest BCUT2D eigenvalue weighted by Crippen LogP contribution is 2.21. The minimum atomic E-state index is -0.574. The van der Waals surface area contributed by atoms with E-state index in [4.69, 9.17) is 5.21 Å². The summed E-state index contributed by atoms with van der Waals surface area (Å²) in [6, 6.07) is 16.0. The summed E-state index contributed by atoms with van der Waals surface area (Å²) in [6.45, 7) is 2.97. The van der Waals surface area contributed by atoms with Crippen molar-refractivity contribution in [3.05, 3.63) is 77.5 Å². The van der Waals surface area contributed by atoms with E-state index in [0.29, 0.717) is 13.1 Å². The van der Waals surface area contributed by atoms with Crippen molar-refractivity contribution < 1.29 is 14.8 Å². The first-order valence-corrected chi connectivity index (χ1v) is 11.4. The Labute approximate surface area is 193 Å². The van der Waals surface area contributed by atoms with Crippen molar-refractivity contribution in [2.45, 2.75) is 25.8 Å². The normalized spacial score (nSPS) is 14.6. The van der Waals surface area contributed by atoms with Crippen LogP contribution in [0.25, 0.3) is 17.0 Å². The molecule has 4 N–H and O–H groups in total. The number of nitrogens with one attached hydrogen (secondary N) is 3. The van der Waals surface area contributed by atoms with Crippen LogP contribution < -0.4 is 10.8 Å². The zero-order valence-electron chi connectivity index (χ0n) is 18.6. The first kappa shape index (κ1) is 22.8. The van der Waals surface area contributed by atoms with Crippen LogP contribution in [0, 0.1) is 5.92 Å². The molecule has 7 heteroatoms. The van der Waals surface area contributed by atoms with Gasteiger partial charge in [0, 0.05) is 42.2 Å². The summed E-state index contributed by atoms with van der Waals surface area (Å²) in [5.41, 5.74) is 5.79. The standard InChI is InChI=1S/C26H30N4O3/c31-25(29-33)10-9-19-5-7-20(8-6-19)18-30(26(32)21-11-14-27-15-12-21)16-13-22-17-28-24-4-2-1-3-23(22)24/h1-10,17,21,27-28,33H,11-16,18H2,(H,29,31). The van der Waals surface area contributed by atoms with E-state index in [0.717, 1.165) is 49.0 Å². The van der Waals surface area contributed by atoms with Gasteiger partial charge in [0.2, 0.25) is 5.91 Å². The van der Waals surface area contributed by atoms with Gasteiger partial charge in [0.05, 0.1) is 0 Å². The zero-order valence-corrected chi connectivity index (χ0v) is 18.6. The number of fused-ring (bicyclic) bond motifs is 1. The van der Waals surface area contributed by atoms with Crippen LogP contribution >= 0.6 is 0 Å². The number of carbonyl (C=O) groups excluding carboxylic acids is 2. The van der Waals surface area contributed by atoms with Gasteiger partial charge in [0.1, 0.15) is 0 Å². The molecule has 1 fully saturated rings. The predicted molar refractivity (Wildman–Crippen MR) is 128 cm³/mol. The number of amides is 2. The maximum atomic E-state index is 13.4. The molecule has 2 heterocycles. The number of piperidine rings is 1. The molecule has 4 rings (SSSR count). The molecule has 1 aliphatic heterocycles. The molecular weight excluding hydrogens is 416 g/mol. The Balaban J connectivity index is 1.48. The number of aromatic nitrogens is 1. The van der Waals surface area contributed by atoms with Crippen LogP contribution in [0.2, 0.25) is 0 Å². The van der Waals surface area contributed by atoms with E-state index in [2.05, 4.69) is 22.4 Å². The molecular formula is C26H30N4O3. The lowest BCUT2D eigenvalue weighted by Crippen LogP contribution is -2.41. The number of hydroxylamine groups is 1. The van der Waals surface area contributed by atoms with Crippen LogP contribution in [0.1, 0.15) is 29.5 Å². The minimum absolute atomic E-state index is 0.0634. The van der Waals surface area contributed by atoms with E-state index in [1.807, 2.05) is 47.5 Å². The van der Waals surface area contributed by atoms with E-state index in [9.17, 15) is 9.59 Å². The molecule has 7 nitrogen and oxygen atoms in total. The fourth-order valence-corrected chi connectivity index (χ4v) is 4.35. The Morgan fingerprint density at radius 1 is 1.09 bits per heavy atom. The molecule has 0 spiro atoms. The van der Waals surface area contributed by atoms with Gasteiger partial charge in [-0.2, -0.15) is 0 Å². The number of carbonyl (C=O) groups is 2. The number of hydrogen-bond acceptors (Lipinski definition) is 4. The molecule has 1 saturated heterocycles. The monoisotopic (exact) mass is 446 g/mol. The Hall–Kier alpha value is -3.42. The summed E-state index contributed by atoms with van der Waals surface area (Å²) in [5.74, 6) is -0.288. The smallest absolute Gasteiger partial charge is 0.267 e. The lowest BCUT2D eigenvalue weighted by atomic mass is 9.96. The number of benzene rings is 2. The van der Waals surface area contributed by atoms with E-state index in [1.165, 1.54) is 17.0 Å². The maximum absolute atomic E-state index is 13.4. The first-order valence-electron chi connectivity index (χ1n) is 11.4. The second kappa shape index (κ2) is 10.9. The molecule has 1 aromatic heterocycles. The highest BCUT2D eigenvalue weighted by atomic mass is 16.5. The summed E-state index contributed by atoms with van der Waals surface area (Å²) < 4.78 is 0. The van der Waals surface area contributed by atoms with Crippen LogP contribution in [-0.2, 0) is 22.6 Å². The molecule has 0 bridgehead atoms. The third-order valence-electron chi connectivity index (χ3n) is 6.22. The first-order chi connectivity index (χ1) is 16.1. The summed E-state index contributed by atoms with van der Waals surface area (Å²) >= 11 is 0. The Morgan fingerprint density at radius 3 is 2.61 bits per heavy atom. The Bertz CT molecular complexity index is 1110. The van der Waals surface area contributed by atoms with Gasteiger partial charge in [-0.05, 0) is 61.2 Å². The number of rotatable bonds is 8. The van der Waals surface area contributed by atoms with Crippen molar-refractivity contribution in [1.82, 2.24) is 20.7 Å². The predicted octanol–water partition coefficient (Wildman–Crippen LogP) is 3.26. The molecule has 0 aliphatic carbocycles. The van der Waals surface area contributed by atoms with Gasteiger partial charge in [-0.3, -0.25) is 14.8 Å². The summed E-state index contributed by atoms with van der Waals surface area (Å²) in [4.78, 5) is 29.9. The van der Waals surface area contributed by atoms with E-state index >= 15 is 0 Å². The van der Waals surface area contributed by atoms with Crippen molar-refractivity contribution in [3.63, 3.8) is 0 Å². The molecule has 1 aliphatic rings. The van der Waals surface area contributed by atoms with Gasteiger partial charge in [-0.1, -0.05) is 42.5 Å². The van der Waals surface area contributed by atoms with Crippen molar-refractivity contribution >= 4 is 28.8 Å². The Kier molecular flexibility index (Phi) is 7.55. The maximum Gasteiger partial charge on any atom is 0.267 e. The van der Waals surface area contributed by atoms with Crippen LogP contribution in [-0.4, -0.2) is 46.5 Å². The van der Waals surface area contributed by atoms with Gasteiger partial charge in [0.15, 0.2) is 0 Å². The van der Waals surface area contributed by atoms with E-state index < -0.39 is 5.91 Å². The van der Waals surface area contributed by atoms with Crippen molar-refractivity contribution in [1.29, 1.82) is 0 Å². The summed E-state index contributed by atoms with van der Waals surface area (Å²) in [7, 11) is 0. The number of hydrogen-bond donors (Lipinski definition) is 4. The largest absolute Gasteiger partial charge is 0.361 e. The SMILES string of the molecule is O=C(C=Cc1ccc(CN(CCc2c[nH]c3ccccc23)C(=O)C2CCNCC2)cc1)NO. The van der Waals surface area contributed by atoms with E-state index in [-0.39, 0.29) is 11.8 Å². The quantitative estimate of drug-likeness (QED) is 0.243. The fraction of sp³-hybridized carbons (Fsp3) is 0.308. The highest BCUT2D eigenvalue weighted by Gasteiger charge is 2.26. The van der Waals surface area contributed by atoms with Crippen LogP contribution in [0.15, 0.2) is 60.8 Å². The molecule has 0 atom stereocenters. The summed E-state index contributed by atoms with van der Waals surface area (Å²) in [6.07, 6.45) is 7.48. The topological polar surface area (TPSA) is 97.5 Å². The van der Waals surface area contributed by atoms with Gasteiger partial charge < -0.3 is 15.2 Å². The van der Waals surface area contributed by atoms with Gasteiger partial charge in [0.25, 0.3) is 5.91 Å². The number of aromatic amines is 1. The minimum Gasteiger partial charge on any atom is -0.361 e. The van der Waals surface area contributed by atoms with Gasteiger partial charge in [-0.25, -0.2) is 5.48 Å². The number of H-pyrrole nitrogens is 1. The highest BCUT2D eigenvalue weighted by molar-refractivity contribution is 5.90. The van der Waals surface area contributed by atoms with E-state index in [1.54, 1.807) is 11.6 Å². The number of para-hydroxylation sites is 1. The lowest BCUT2D eigenvalue weighted by molar-refractivity contribution is -0.137. The molecule has 2 aromatic carbocycles. The molecule has 33 heavy (non-hydrogen) atoms. The molecule has 0 saturated carbocycles. The van der Waals surface area contributed by atoms with Crippen molar-refractivity contribution in [3.8, 4) is 0 Å². The van der Waals surface area contributed by atoms with Crippen LogP contribution in [0.5, 0.6) is 0 Å². The second-order valence-electron chi connectivity index (χ2n) is 8.44. The van der Waals surface area contributed by atoms with Gasteiger partial charge in [-0.15, -0.1) is 0 Å². The second-order valence-corrected chi connectivity index (χ2v) is 8.44. The lowest BCUT2D eigenvalue weighted by Gasteiger charge is -2.30. The fourth-order valence-electron chi connectivity index (χ4n) is 4.35.